The molecule has 0 unspecified atom stereocenters. The van der Waals surface area contributed by atoms with Crippen molar-refractivity contribution in [3.05, 3.63) is 34.9 Å². The SMILES string of the molecule is CCNC(=NCC(C)(C)N1CCOCC1)NCC1(c2cccc(Cl)c2)CCOCC1.I. The number of morpholine rings is 1. The van der Waals surface area contributed by atoms with Crippen molar-refractivity contribution in [1.29, 1.82) is 0 Å². The van der Waals surface area contributed by atoms with Gasteiger partial charge in [-0.1, -0.05) is 23.7 Å². The first kappa shape index (κ1) is 26.6. The number of halogens is 2. The van der Waals surface area contributed by atoms with Crippen molar-refractivity contribution in [2.75, 3.05) is 59.2 Å². The van der Waals surface area contributed by atoms with Crippen molar-refractivity contribution in [2.45, 2.75) is 44.6 Å². The Kier molecular flexibility index (Phi) is 10.8. The second kappa shape index (κ2) is 12.6. The minimum atomic E-state index is -0.00451. The highest BCUT2D eigenvalue weighted by Gasteiger charge is 2.35. The summed E-state index contributed by atoms with van der Waals surface area (Å²) in [6.07, 6.45) is 1.94. The van der Waals surface area contributed by atoms with Crippen molar-refractivity contribution >= 4 is 41.5 Å². The molecule has 0 aromatic heterocycles. The molecule has 0 aliphatic carbocycles. The number of aliphatic imine (C=N–C) groups is 1. The van der Waals surface area contributed by atoms with Gasteiger partial charge in [0.1, 0.15) is 0 Å². The Morgan fingerprint density at radius 3 is 2.45 bits per heavy atom. The van der Waals surface area contributed by atoms with Gasteiger partial charge in [0, 0.05) is 55.4 Å². The van der Waals surface area contributed by atoms with Crippen molar-refractivity contribution in [2.24, 2.45) is 4.99 Å². The van der Waals surface area contributed by atoms with E-state index < -0.39 is 0 Å². The van der Waals surface area contributed by atoms with Crippen LogP contribution in [0.25, 0.3) is 0 Å². The fourth-order valence-corrected chi connectivity index (χ4v) is 4.47. The van der Waals surface area contributed by atoms with Gasteiger partial charge < -0.3 is 20.1 Å². The number of hydrogen-bond acceptors (Lipinski definition) is 4. The van der Waals surface area contributed by atoms with Crippen LogP contribution in [0, 0.1) is 0 Å². The van der Waals surface area contributed by atoms with Crippen molar-refractivity contribution < 1.29 is 9.47 Å². The van der Waals surface area contributed by atoms with Gasteiger partial charge in [0.05, 0.1) is 19.8 Å². The zero-order valence-electron chi connectivity index (χ0n) is 19.1. The topological polar surface area (TPSA) is 58.1 Å². The molecule has 2 aliphatic rings. The lowest BCUT2D eigenvalue weighted by Gasteiger charge is -2.40. The smallest absolute Gasteiger partial charge is 0.191 e. The summed E-state index contributed by atoms with van der Waals surface area (Å²) in [4.78, 5) is 7.41. The number of guanidine groups is 1. The third-order valence-corrected chi connectivity index (χ3v) is 6.55. The largest absolute Gasteiger partial charge is 0.381 e. The van der Waals surface area contributed by atoms with Crippen LogP contribution < -0.4 is 10.6 Å². The number of hydrogen-bond donors (Lipinski definition) is 2. The fraction of sp³-hybridized carbons (Fsp3) is 0.696. The van der Waals surface area contributed by atoms with Crippen LogP contribution in [0.1, 0.15) is 39.2 Å². The Labute approximate surface area is 209 Å². The first-order valence-electron chi connectivity index (χ1n) is 11.1. The molecule has 0 amide bonds. The van der Waals surface area contributed by atoms with Crippen LogP contribution in [0.3, 0.4) is 0 Å². The maximum absolute atomic E-state index is 6.31. The van der Waals surface area contributed by atoms with Crippen molar-refractivity contribution in [3.8, 4) is 0 Å². The molecule has 6 nitrogen and oxygen atoms in total. The van der Waals surface area contributed by atoms with Gasteiger partial charge in [-0.25, -0.2) is 0 Å². The van der Waals surface area contributed by atoms with Gasteiger partial charge in [-0.05, 0) is 51.3 Å². The Bertz CT molecular complexity index is 705. The van der Waals surface area contributed by atoms with E-state index in [-0.39, 0.29) is 34.9 Å². The lowest BCUT2D eigenvalue weighted by Crippen LogP contribution is -2.52. The summed E-state index contributed by atoms with van der Waals surface area (Å²) in [5, 5.41) is 7.82. The minimum absolute atomic E-state index is 0. The second-order valence-corrected chi connectivity index (χ2v) is 9.30. The average molecular weight is 565 g/mol. The zero-order chi connectivity index (χ0) is 21.5. The maximum atomic E-state index is 6.31. The molecule has 1 aromatic rings. The molecule has 0 spiro atoms. The Balaban J connectivity index is 0.00000341. The molecule has 2 saturated heterocycles. The van der Waals surface area contributed by atoms with Crippen LogP contribution in [-0.4, -0.2) is 75.5 Å². The molecule has 8 heteroatoms. The molecule has 0 saturated carbocycles. The molecule has 2 N–H and O–H groups in total. The summed E-state index contributed by atoms with van der Waals surface area (Å²) in [6, 6.07) is 8.26. The predicted octanol–water partition coefficient (Wildman–Crippen LogP) is 3.67. The predicted molar refractivity (Wildman–Crippen MR) is 139 cm³/mol. The summed E-state index contributed by atoms with van der Waals surface area (Å²) in [6.45, 7) is 14.1. The van der Waals surface area contributed by atoms with E-state index >= 15 is 0 Å². The Hall–Kier alpha value is -0.610. The number of nitrogens with one attached hydrogen (secondary N) is 2. The van der Waals surface area contributed by atoms with Gasteiger partial charge in [-0.2, -0.15) is 0 Å². The second-order valence-electron chi connectivity index (χ2n) is 8.86. The Morgan fingerprint density at radius 1 is 1.13 bits per heavy atom. The quantitative estimate of drug-likeness (QED) is 0.301. The third-order valence-electron chi connectivity index (χ3n) is 6.32. The molecule has 31 heavy (non-hydrogen) atoms. The van der Waals surface area contributed by atoms with E-state index in [4.69, 9.17) is 26.1 Å². The first-order chi connectivity index (χ1) is 14.5. The highest BCUT2D eigenvalue weighted by molar-refractivity contribution is 14.0. The van der Waals surface area contributed by atoms with Gasteiger partial charge in [0.2, 0.25) is 0 Å². The number of ether oxygens (including phenoxy) is 2. The molecule has 0 bridgehead atoms. The van der Waals surface area contributed by atoms with E-state index in [9.17, 15) is 0 Å². The average Bonchev–Trinajstić information content (AvgIpc) is 2.77. The van der Waals surface area contributed by atoms with Crippen LogP contribution in [0.5, 0.6) is 0 Å². The van der Waals surface area contributed by atoms with E-state index in [2.05, 4.69) is 48.4 Å². The Morgan fingerprint density at radius 2 is 1.81 bits per heavy atom. The van der Waals surface area contributed by atoms with Crippen LogP contribution >= 0.6 is 35.6 Å². The van der Waals surface area contributed by atoms with Crippen molar-refractivity contribution in [1.82, 2.24) is 15.5 Å². The highest BCUT2D eigenvalue weighted by Crippen LogP contribution is 2.35. The molecule has 176 valence electrons. The molecule has 0 atom stereocenters. The fourth-order valence-electron chi connectivity index (χ4n) is 4.28. The summed E-state index contributed by atoms with van der Waals surface area (Å²) < 4.78 is 11.2. The molecule has 2 fully saturated rings. The standard InChI is InChI=1S/C23H37ClN4O2.HI/c1-4-25-21(26-17-22(2,3)28-10-14-30-15-11-28)27-18-23(8-12-29-13-9-23)19-6-5-7-20(24)16-19;/h5-7,16H,4,8-15,17-18H2,1-3H3,(H2,25,26,27);1H. The maximum Gasteiger partial charge on any atom is 0.191 e. The van der Waals surface area contributed by atoms with E-state index in [1.807, 2.05) is 12.1 Å². The van der Waals surface area contributed by atoms with Gasteiger partial charge in [0.25, 0.3) is 0 Å². The van der Waals surface area contributed by atoms with Gasteiger partial charge in [0.15, 0.2) is 5.96 Å². The summed E-state index contributed by atoms with van der Waals surface area (Å²) >= 11 is 6.31. The van der Waals surface area contributed by atoms with E-state index in [0.29, 0.717) is 0 Å². The molecule has 1 aromatic carbocycles. The molecular formula is C23H38ClIN4O2. The zero-order valence-corrected chi connectivity index (χ0v) is 22.2. The van der Waals surface area contributed by atoms with Gasteiger partial charge in [-0.15, -0.1) is 24.0 Å². The van der Waals surface area contributed by atoms with E-state index in [1.54, 1.807) is 0 Å². The number of benzene rings is 1. The first-order valence-corrected chi connectivity index (χ1v) is 11.5. The van der Waals surface area contributed by atoms with Gasteiger partial charge in [-0.3, -0.25) is 9.89 Å². The van der Waals surface area contributed by atoms with Crippen LogP contribution in [0.15, 0.2) is 29.3 Å². The molecular weight excluding hydrogens is 527 g/mol. The molecule has 0 radical (unpaired) electrons. The third kappa shape index (κ3) is 7.45. The summed E-state index contributed by atoms with van der Waals surface area (Å²) in [5.41, 5.74) is 1.27. The molecule has 3 rings (SSSR count). The number of nitrogens with zero attached hydrogens (tertiary/aromatic N) is 2. The summed E-state index contributed by atoms with van der Waals surface area (Å²) in [7, 11) is 0. The minimum Gasteiger partial charge on any atom is -0.381 e. The lowest BCUT2D eigenvalue weighted by atomic mass is 9.74. The van der Waals surface area contributed by atoms with Crippen LogP contribution in [0.4, 0.5) is 0 Å². The lowest BCUT2D eigenvalue weighted by molar-refractivity contribution is -0.00684. The molecule has 2 heterocycles. The van der Waals surface area contributed by atoms with Gasteiger partial charge >= 0.3 is 0 Å². The van der Waals surface area contributed by atoms with E-state index in [0.717, 1.165) is 83.0 Å². The van der Waals surface area contributed by atoms with E-state index in [1.165, 1.54) is 5.56 Å². The molecule has 2 aliphatic heterocycles. The normalized spacial score (nSPS) is 20.1. The number of rotatable bonds is 7. The van der Waals surface area contributed by atoms with Crippen LogP contribution in [-0.2, 0) is 14.9 Å². The van der Waals surface area contributed by atoms with Crippen molar-refractivity contribution in [3.63, 3.8) is 0 Å². The highest BCUT2D eigenvalue weighted by atomic mass is 127. The van der Waals surface area contributed by atoms with Crippen LogP contribution in [0.2, 0.25) is 5.02 Å². The monoisotopic (exact) mass is 564 g/mol. The summed E-state index contributed by atoms with van der Waals surface area (Å²) in [5.74, 6) is 0.867.